The molecule has 0 saturated heterocycles. The van der Waals surface area contributed by atoms with Crippen molar-refractivity contribution in [1.29, 1.82) is 0 Å². The van der Waals surface area contributed by atoms with Crippen LogP contribution in [0.3, 0.4) is 0 Å². The molecular weight excluding hydrogens is 224 g/mol. The molecule has 7 nitrogen and oxygen atoms in total. The summed E-state index contributed by atoms with van der Waals surface area (Å²) < 4.78 is 6.44. The molecule has 17 heavy (non-hydrogen) atoms. The molecule has 1 amide bonds. The number of amides is 1. The molecule has 94 valence electrons. The molecule has 0 bridgehead atoms. The third kappa shape index (κ3) is 3.86. The topological polar surface area (TPSA) is 100 Å². The summed E-state index contributed by atoms with van der Waals surface area (Å²) >= 11 is 0. The van der Waals surface area contributed by atoms with E-state index in [1.807, 2.05) is 0 Å². The van der Waals surface area contributed by atoms with Crippen LogP contribution in [0.2, 0.25) is 0 Å². The predicted molar refractivity (Wildman–Crippen MR) is 59.0 cm³/mol. The molecule has 0 atom stereocenters. The third-order valence-electron chi connectivity index (χ3n) is 1.96. The predicted octanol–water partition coefficient (Wildman–Crippen LogP) is -0.0337. The van der Waals surface area contributed by atoms with Crippen LogP contribution < -0.4 is 5.73 Å². The van der Waals surface area contributed by atoms with Gasteiger partial charge in [0.15, 0.2) is 5.69 Å². The van der Waals surface area contributed by atoms with Crippen molar-refractivity contribution < 1.29 is 14.3 Å². The molecule has 0 spiro atoms. The first kappa shape index (κ1) is 13.1. The van der Waals surface area contributed by atoms with Crippen molar-refractivity contribution in [2.45, 2.75) is 27.3 Å². The van der Waals surface area contributed by atoms with Gasteiger partial charge in [-0.1, -0.05) is 5.21 Å². The molecule has 0 unspecified atom stereocenters. The minimum Gasteiger partial charge on any atom is -0.463 e. The van der Waals surface area contributed by atoms with Crippen LogP contribution in [0.15, 0.2) is 6.20 Å². The first-order valence-electron chi connectivity index (χ1n) is 5.18. The average molecular weight is 240 g/mol. The number of ether oxygens (including phenoxy) is 1. The van der Waals surface area contributed by atoms with Crippen LogP contribution in [0, 0.1) is 5.41 Å². The van der Waals surface area contributed by atoms with Gasteiger partial charge in [-0.3, -0.25) is 9.59 Å². The number of primary amides is 1. The smallest absolute Gasteiger partial charge is 0.311 e. The van der Waals surface area contributed by atoms with E-state index in [1.54, 1.807) is 20.8 Å². The summed E-state index contributed by atoms with van der Waals surface area (Å²) in [5.74, 6) is -0.921. The van der Waals surface area contributed by atoms with E-state index in [0.29, 0.717) is 6.54 Å². The van der Waals surface area contributed by atoms with Gasteiger partial charge in [0, 0.05) is 0 Å². The first-order chi connectivity index (χ1) is 7.80. The Hall–Kier alpha value is -1.92. The summed E-state index contributed by atoms with van der Waals surface area (Å²) in [6.07, 6.45) is 1.41. The van der Waals surface area contributed by atoms with E-state index in [9.17, 15) is 9.59 Å². The number of aromatic nitrogens is 3. The molecular formula is C10H16N4O3. The summed E-state index contributed by atoms with van der Waals surface area (Å²) in [7, 11) is 0. The summed E-state index contributed by atoms with van der Waals surface area (Å²) in [5.41, 5.74) is 4.58. The van der Waals surface area contributed by atoms with E-state index >= 15 is 0 Å². The van der Waals surface area contributed by atoms with E-state index in [1.165, 1.54) is 10.9 Å². The summed E-state index contributed by atoms with van der Waals surface area (Å²) in [6.45, 7) is 5.84. The highest BCUT2D eigenvalue weighted by molar-refractivity contribution is 5.90. The van der Waals surface area contributed by atoms with Gasteiger partial charge in [-0.05, 0) is 20.8 Å². The molecule has 1 heterocycles. The van der Waals surface area contributed by atoms with Gasteiger partial charge in [-0.15, -0.1) is 5.10 Å². The number of hydrogen-bond acceptors (Lipinski definition) is 5. The zero-order valence-corrected chi connectivity index (χ0v) is 10.1. The Morgan fingerprint density at radius 3 is 2.59 bits per heavy atom. The van der Waals surface area contributed by atoms with E-state index in [-0.39, 0.29) is 18.3 Å². The van der Waals surface area contributed by atoms with Gasteiger partial charge in [-0.25, -0.2) is 4.68 Å². The van der Waals surface area contributed by atoms with Gasteiger partial charge >= 0.3 is 5.97 Å². The maximum atomic E-state index is 11.4. The Kier molecular flexibility index (Phi) is 3.82. The van der Waals surface area contributed by atoms with Gasteiger partial charge in [-0.2, -0.15) is 0 Å². The highest BCUT2D eigenvalue weighted by Gasteiger charge is 2.22. The first-order valence-corrected chi connectivity index (χ1v) is 5.18. The Morgan fingerprint density at radius 2 is 2.12 bits per heavy atom. The molecule has 2 N–H and O–H groups in total. The van der Waals surface area contributed by atoms with Crippen molar-refractivity contribution in [3.05, 3.63) is 11.9 Å². The van der Waals surface area contributed by atoms with E-state index < -0.39 is 11.3 Å². The Balaban J connectivity index is 2.41. The van der Waals surface area contributed by atoms with E-state index in [0.717, 1.165) is 0 Å². The number of carbonyl (C=O) groups excluding carboxylic acids is 2. The number of nitrogens with two attached hydrogens (primary N) is 1. The fourth-order valence-corrected chi connectivity index (χ4v) is 0.969. The Bertz CT molecular complexity index is 419. The van der Waals surface area contributed by atoms with Gasteiger partial charge in [0.05, 0.1) is 18.2 Å². The molecule has 0 aliphatic carbocycles. The van der Waals surface area contributed by atoms with Crippen LogP contribution in [0.25, 0.3) is 0 Å². The monoisotopic (exact) mass is 240 g/mol. The van der Waals surface area contributed by atoms with Crippen molar-refractivity contribution in [2.24, 2.45) is 11.1 Å². The maximum Gasteiger partial charge on any atom is 0.311 e. The van der Waals surface area contributed by atoms with Crippen LogP contribution in [0.5, 0.6) is 0 Å². The van der Waals surface area contributed by atoms with Crippen LogP contribution >= 0.6 is 0 Å². The molecule has 0 aromatic carbocycles. The molecule has 0 fully saturated rings. The van der Waals surface area contributed by atoms with Crippen LogP contribution in [-0.4, -0.2) is 33.5 Å². The maximum absolute atomic E-state index is 11.4. The summed E-state index contributed by atoms with van der Waals surface area (Å²) in [6, 6.07) is 0. The SMILES string of the molecule is CC(C)(C)C(=O)OCCn1cc(C(N)=O)nn1. The highest BCUT2D eigenvalue weighted by atomic mass is 16.5. The van der Waals surface area contributed by atoms with Gasteiger partial charge in [0.25, 0.3) is 5.91 Å². The van der Waals surface area contributed by atoms with Gasteiger partial charge in [0.2, 0.25) is 0 Å². The van der Waals surface area contributed by atoms with E-state index in [4.69, 9.17) is 10.5 Å². The number of carbonyl (C=O) groups is 2. The quantitative estimate of drug-likeness (QED) is 0.744. The standard InChI is InChI=1S/C10H16N4O3/c1-10(2,3)9(16)17-5-4-14-6-7(8(11)15)12-13-14/h6H,4-5H2,1-3H3,(H2,11,15). The fraction of sp³-hybridized carbons (Fsp3) is 0.600. The largest absolute Gasteiger partial charge is 0.463 e. The number of nitrogens with zero attached hydrogens (tertiary/aromatic N) is 3. The summed E-state index contributed by atoms with van der Waals surface area (Å²) in [4.78, 5) is 22.2. The lowest BCUT2D eigenvalue weighted by atomic mass is 9.97. The van der Waals surface area contributed by atoms with Crippen LogP contribution in [0.4, 0.5) is 0 Å². The Morgan fingerprint density at radius 1 is 1.47 bits per heavy atom. The van der Waals surface area contributed by atoms with E-state index in [2.05, 4.69) is 10.3 Å². The van der Waals surface area contributed by atoms with Crippen molar-refractivity contribution in [3.63, 3.8) is 0 Å². The molecule has 1 rings (SSSR count). The van der Waals surface area contributed by atoms with Crippen molar-refractivity contribution in [3.8, 4) is 0 Å². The molecule has 0 radical (unpaired) electrons. The molecule has 0 aliphatic rings. The Labute approximate surface area is 98.9 Å². The third-order valence-corrected chi connectivity index (χ3v) is 1.96. The zero-order valence-electron chi connectivity index (χ0n) is 10.1. The zero-order chi connectivity index (χ0) is 13.1. The number of esters is 1. The molecule has 0 saturated carbocycles. The van der Waals surface area contributed by atoms with Crippen LogP contribution in [-0.2, 0) is 16.1 Å². The fourth-order valence-electron chi connectivity index (χ4n) is 0.969. The van der Waals surface area contributed by atoms with Gasteiger partial charge in [0.1, 0.15) is 6.61 Å². The van der Waals surface area contributed by atoms with Crippen molar-refractivity contribution in [1.82, 2.24) is 15.0 Å². The normalized spacial score (nSPS) is 11.2. The lowest BCUT2D eigenvalue weighted by Gasteiger charge is -2.16. The molecule has 1 aromatic heterocycles. The molecule has 7 heteroatoms. The second-order valence-corrected chi connectivity index (χ2v) is 4.62. The highest BCUT2D eigenvalue weighted by Crippen LogP contribution is 2.14. The molecule has 1 aromatic rings. The van der Waals surface area contributed by atoms with Gasteiger partial charge < -0.3 is 10.5 Å². The van der Waals surface area contributed by atoms with Crippen molar-refractivity contribution >= 4 is 11.9 Å². The lowest BCUT2D eigenvalue weighted by molar-refractivity contribution is -0.153. The number of rotatable bonds is 4. The van der Waals surface area contributed by atoms with Crippen molar-refractivity contribution in [2.75, 3.05) is 6.61 Å². The lowest BCUT2D eigenvalue weighted by Crippen LogP contribution is -2.24. The minimum atomic E-state index is -0.636. The minimum absolute atomic E-state index is 0.0900. The number of hydrogen-bond donors (Lipinski definition) is 1. The second-order valence-electron chi connectivity index (χ2n) is 4.62. The van der Waals surface area contributed by atoms with Crippen LogP contribution in [0.1, 0.15) is 31.3 Å². The molecule has 0 aliphatic heterocycles. The summed E-state index contributed by atoms with van der Waals surface area (Å²) in [5, 5.41) is 7.23. The second kappa shape index (κ2) is 4.94. The average Bonchev–Trinajstić information content (AvgIpc) is 2.64.